The zero-order valence-electron chi connectivity index (χ0n) is 11.9. The maximum absolute atomic E-state index is 13.8. The van der Waals surface area contributed by atoms with E-state index in [9.17, 15) is 13.6 Å². The number of hydrogen-bond donors (Lipinski definition) is 3. The van der Waals surface area contributed by atoms with Gasteiger partial charge in [-0.2, -0.15) is 0 Å². The van der Waals surface area contributed by atoms with Crippen LogP contribution >= 0.6 is 12.6 Å². The molecule has 1 heterocycles. The molecular formula is C15H17F2N3OS. The number of carbonyl (C=O) groups excluding carboxylic acids is 1. The molecule has 118 valence electrons. The van der Waals surface area contributed by atoms with Crippen molar-refractivity contribution in [1.82, 2.24) is 15.5 Å². The van der Waals surface area contributed by atoms with Gasteiger partial charge in [-0.1, -0.05) is 0 Å². The summed E-state index contributed by atoms with van der Waals surface area (Å²) in [5.41, 5.74) is 2.03. The van der Waals surface area contributed by atoms with Gasteiger partial charge in [-0.25, -0.2) is 8.78 Å². The lowest BCUT2D eigenvalue weighted by atomic mass is 9.87. The van der Waals surface area contributed by atoms with Crippen molar-refractivity contribution in [2.75, 3.05) is 6.54 Å². The summed E-state index contributed by atoms with van der Waals surface area (Å²) >= 11 is 4.49. The third kappa shape index (κ3) is 2.77. The largest absolute Gasteiger partial charge is 0.361 e. The van der Waals surface area contributed by atoms with Gasteiger partial charge < -0.3 is 15.5 Å². The summed E-state index contributed by atoms with van der Waals surface area (Å²) in [6, 6.07) is 2.44. The second kappa shape index (κ2) is 6.16. The minimum Gasteiger partial charge on any atom is -0.361 e. The maximum atomic E-state index is 13.8. The number of hydrogen-bond acceptors (Lipinski definition) is 4. The number of benzene rings is 1. The molecule has 1 aromatic rings. The molecule has 22 heavy (non-hydrogen) atoms. The third-order valence-electron chi connectivity index (χ3n) is 4.19. The molecule has 1 aromatic carbocycles. The number of thiol groups is 1. The summed E-state index contributed by atoms with van der Waals surface area (Å²) in [6.45, 7) is 0.397. The number of halogens is 2. The van der Waals surface area contributed by atoms with Gasteiger partial charge in [-0.3, -0.25) is 4.79 Å². The van der Waals surface area contributed by atoms with Crippen LogP contribution in [0.25, 0.3) is 0 Å². The van der Waals surface area contributed by atoms with Crippen molar-refractivity contribution in [2.45, 2.75) is 30.8 Å². The Labute approximate surface area is 133 Å². The van der Waals surface area contributed by atoms with Crippen molar-refractivity contribution in [2.24, 2.45) is 0 Å². The molecule has 0 aromatic heterocycles. The van der Waals surface area contributed by atoms with Crippen LogP contribution in [-0.4, -0.2) is 29.4 Å². The zero-order chi connectivity index (χ0) is 15.7. The van der Waals surface area contributed by atoms with Crippen molar-refractivity contribution >= 4 is 19.0 Å². The summed E-state index contributed by atoms with van der Waals surface area (Å²) < 4.78 is 27.3. The van der Waals surface area contributed by atoms with Crippen LogP contribution in [0.4, 0.5) is 8.78 Å². The van der Waals surface area contributed by atoms with Gasteiger partial charge in [0.25, 0.3) is 0 Å². The fourth-order valence-electron chi connectivity index (χ4n) is 3.23. The Morgan fingerprint density at radius 1 is 1.45 bits per heavy atom. The second-order valence-electron chi connectivity index (χ2n) is 5.50. The number of fused-ring (bicyclic) bond motifs is 1. The summed E-state index contributed by atoms with van der Waals surface area (Å²) in [6.07, 6.45) is 4.34. The van der Waals surface area contributed by atoms with Crippen LogP contribution in [-0.2, 0) is 17.6 Å². The van der Waals surface area contributed by atoms with Crippen LogP contribution < -0.4 is 10.6 Å². The maximum Gasteiger partial charge on any atom is 0.207 e. The van der Waals surface area contributed by atoms with E-state index in [1.54, 1.807) is 0 Å². The Balaban J connectivity index is 1.81. The van der Waals surface area contributed by atoms with Crippen molar-refractivity contribution < 1.29 is 13.6 Å². The van der Waals surface area contributed by atoms with Crippen molar-refractivity contribution in [3.05, 3.63) is 46.8 Å². The lowest BCUT2D eigenvalue weighted by molar-refractivity contribution is -0.109. The lowest BCUT2D eigenvalue weighted by Gasteiger charge is -2.37. The first-order valence-corrected chi connectivity index (χ1v) is 7.67. The van der Waals surface area contributed by atoms with Gasteiger partial charge >= 0.3 is 0 Å². The van der Waals surface area contributed by atoms with Gasteiger partial charge in [0.15, 0.2) is 0 Å². The summed E-state index contributed by atoms with van der Waals surface area (Å²) in [5.74, 6) is -1.01. The van der Waals surface area contributed by atoms with E-state index in [4.69, 9.17) is 0 Å². The SMILES string of the molecule is O=CNCC1=CN[C@H](S)N1[C@H]1CCc2c(F)cc(F)cc2C1. The first-order valence-electron chi connectivity index (χ1n) is 7.15. The van der Waals surface area contributed by atoms with Crippen LogP contribution in [0.1, 0.15) is 17.5 Å². The molecule has 4 nitrogen and oxygen atoms in total. The van der Waals surface area contributed by atoms with E-state index >= 15 is 0 Å². The highest BCUT2D eigenvalue weighted by molar-refractivity contribution is 7.80. The average molecular weight is 325 g/mol. The second-order valence-corrected chi connectivity index (χ2v) is 5.99. The van der Waals surface area contributed by atoms with E-state index in [0.29, 0.717) is 36.9 Å². The number of nitrogens with zero attached hydrogens (tertiary/aromatic N) is 1. The number of amides is 1. The molecule has 0 fully saturated rings. The van der Waals surface area contributed by atoms with Gasteiger partial charge in [0.1, 0.15) is 17.1 Å². The molecule has 2 atom stereocenters. The van der Waals surface area contributed by atoms with E-state index in [-0.39, 0.29) is 11.5 Å². The molecule has 2 N–H and O–H groups in total. The van der Waals surface area contributed by atoms with E-state index in [1.165, 1.54) is 6.07 Å². The minimum atomic E-state index is -0.544. The molecule has 0 saturated carbocycles. The zero-order valence-corrected chi connectivity index (χ0v) is 12.7. The Hall–Kier alpha value is -1.76. The van der Waals surface area contributed by atoms with Crippen molar-refractivity contribution in [3.8, 4) is 0 Å². The number of rotatable bonds is 4. The first-order chi connectivity index (χ1) is 10.6. The number of nitrogens with one attached hydrogen (secondary N) is 2. The van der Waals surface area contributed by atoms with Crippen LogP contribution in [0, 0.1) is 11.6 Å². The predicted octanol–water partition coefficient (Wildman–Crippen LogP) is 1.53. The molecule has 1 aliphatic carbocycles. The van der Waals surface area contributed by atoms with Crippen molar-refractivity contribution in [1.29, 1.82) is 0 Å². The molecule has 0 saturated heterocycles. The normalized spacial score (nSPS) is 23.6. The summed E-state index contributed by atoms with van der Waals surface area (Å²) in [7, 11) is 0. The van der Waals surface area contributed by atoms with Gasteiger partial charge in [-0.15, -0.1) is 12.6 Å². The van der Waals surface area contributed by atoms with Crippen LogP contribution in [0.15, 0.2) is 24.0 Å². The Kier molecular flexibility index (Phi) is 4.24. The minimum absolute atomic E-state index is 0.0888. The quantitative estimate of drug-likeness (QED) is 0.581. The van der Waals surface area contributed by atoms with Crippen LogP contribution in [0.5, 0.6) is 0 Å². The van der Waals surface area contributed by atoms with Crippen molar-refractivity contribution in [3.63, 3.8) is 0 Å². The summed E-state index contributed by atoms with van der Waals surface area (Å²) in [5, 5.41) is 5.73. The summed E-state index contributed by atoms with van der Waals surface area (Å²) in [4.78, 5) is 12.5. The predicted molar refractivity (Wildman–Crippen MR) is 82.1 cm³/mol. The molecule has 0 radical (unpaired) electrons. The highest BCUT2D eigenvalue weighted by atomic mass is 32.1. The number of carbonyl (C=O) groups is 1. The van der Waals surface area contributed by atoms with Crippen LogP contribution in [0.3, 0.4) is 0 Å². The standard InChI is InChI=1S/C15H17F2N3OS/c16-10-3-9-4-11(1-2-13(9)14(17)5-10)20-12(6-18-8-21)7-19-15(20)22/h3,5,7-8,11,15,19,22H,1-2,4,6H2,(H,18,21)/t11-,15-/m0/s1. The topological polar surface area (TPSA) is 44.4 Å². The molecule has 3 rings (SSSR count). The van der Waals surface area contributed by atoms with E-state index < -0.39 is 11.6 Å². The molecule has 7 heteroatoms. The smallest absolute Gasteiger partial charge is 0.207 e. The fourth-order valence-corrected chi connectivity index (χ4v) is 3.64. The lowest BCUT2D eigenvalue weighted by Crippen LogP contribution is -2.45. The Morgan fingerprint density at radius 2 is 2.27 bits per heavy atom. The molecule has 2 aliphatic rings. The average Bonchev–Trinajstić information content (AvgIpc) is 2.85. The van der Waals surface area contributed by atoms with Crippen LogP contribution in [0.2, 0.25) is 0 Å². The fraction of sp³-hybridized carbons (Fsp3) is 0.400. The van der Waals surface area contributed by atoms with Gasteiger partial charge in [0.05, 0.1) is 12.2 Å². The van der Waals surface area contributed by atoms with Gasteiger partial charge in [0.2, 0.25) is 6.41 Å². The molecule has 0 bridgehead atoms. The Morgan fingerprint density at radius 3 is 3.05 bits per heavy atom. The Bertz CT molecular complexity index is 623. The highest BCUT2D eigenvalue weighted by Crippen LogP contribution is 2.31. The molecule has 1 amide bonds. The van der Waals surface area contributed by atoms with Gasteiger partial charge in [0, 0.05) is 18.3 Å². The molecule has 0 spiro atoms. The van der Waals surface area contributed by atoms with Gasteiger partial charge in [-0.05, 0) is 36.5 Å². The molecule has 0 unspecified atom stereocenters. The third-order valence-corrected chi connectivity index (χ3v) is 4.59. The van der Waals surface area contributed by atoms with E-state index in [2.05, 4.69) is 28.2 Å². The molecular weight excluding hydrogens is 308 g/mol. The first kappa shape index (κ1) is 15.1. The monoisotopic (exact) mass is 325 g/mol. The van der Waals surface area contributed by atoms with E-state index in [1.807, 2.05) is 6.20 Å². The molecule has 1 aliphatic heterocycles. The van der Waals surface area contributed by atoms with E-state index in [0.717, 1.165) is 18.2 Å². The highest BCUT2D eigenvalue weighted by Gasteiger charge is 2.33.